The summed E-state index contributed by atoms with van der Waals surface area (Å²) in [5.74, 6) is 0. The van der Waals surface area contributed by atoms with Crippen molar-refractivity contribution in [3.63, 3.8) is 0 Å². The molecule has 0 radical (unpaired) electrons. The van der Waals surface area contributed by atoms with Crippen LogP contribution in [0.4, 0.5) is 0 Å². The molecule has 2 fully saturated rings. The first-order valence-corrected chi connectivity index (χ1v) is 7.55. The molecule has 17 heavy (non-hydrogen) atoms. The number of hydrogen-bond donors (Lipinski definition) is 0. The van der Waals surface area contributed by atoms with Crippen molar-refractivity contribution >= 4 is 0 Å². The van der Waals surface area contributed by atoms with Crippen LogP contribution in [0.1, 0.15) is 32.6 Å². The maximum absolute atomic E-state index is 2.65. The van der Waals surface area contributed by atoms with Crippen LogP contribution in [0.3, 0.4) is 0 Å². The standard InChI is InChI=1S/C14H29N3/c1-2-6-15-11-13-17(14-12-15)10-5-9-16-7-3-4-8-16/h2-14H2,1H3. The molecule has 0 amide bonds. The van der Waals surface area contributed by atoms with Gasteiger partial charge in [-0.25, -0.2) is 0 Å². The molecule has 0 atom stereocenters. The summed E-state index contributed by atoms with van der Waals surface area (Å²) in [4.78, 5) is 7.90. The van der Waals surface area contributed by atoms with Gasteiger partial charge >= 0.3 is 0 Å². The Hall–Kier alpha value is -0.120. The Morgan fingerprint density at radius 1 is 0.647 bits per heavy atom. The molecular formula is C14H29N3. The van der Waals surface area contributed by atoms with E-state index in [2.05, 4.69) is 21.6 Å². The molecule has 0 aromatic rings. The minimum atomic E-state index is 1.29. The predicted molar refractivity (Wildman–Crippen MR) is 73.5 cm³/mol. The first kappa shape index (κ1) is 13.3. The molecule has 3 heteroatoms. The Bertz CT molecular complexity index is 194. The molecule has 0 aromatic carbocycles. The van der Waals surface area contributed by atoms with Crippen molar-refractivity contribution in [3.8, 4) is 0 Å². The second-order valence-corrected chi connectivity index (χ2v) is 5.59. The van der Waals surface area contributed by atoms with E-state index in [1.807, 2.05) is 0 Å². The molecule has 2 rings (SSSR count). The van der Waals surface area contributed by atoms with Gasteiger partial charge in [-0.2, -0.15) is 0 Å². The van der Waals surface area contributed by atoms with Crippen LogP contribution in [-0.4, -0.2) is 73.6 Å². The molecule has 3 nitrogen and oxygen atoms in total. The minimum Gasteiger partial charge on any atom is -0.303 e. The third kappa shape index (κ3) is 4.57. The molecule has 0 bridgehead atoms. The van der Waals surface area contributed by atoms with Crippen molar-refractivity contribution in [3.05, 3.63) is 0 Å². The lowest BCUT2D eigenvalue weighted by Gasteiger charge is -2.34. The summed E-state index contributed by atoms with van der Waals surface area (Å²) in [7, 11) is 0. The number of nitrogens with zero attached hydrogens (tertiary/aromatic N) is 3. The van der Waals surface area contributed by atoms with Crippen molar-refractivity contribution in [1.82, 2.24) is 14.7 Å². The molecule has 2 aliphatic heterocycles. The number of hydrogen-bond acceptors (Lipinski definition) is 3. The first-order chi connectivity index (χ1) is 8.38. The van der Waals surface area contributed by atoms with Crippen molar-refractivity contribution in [2.75, 3.05) is 58.9 Å². The molecule has 100 valence electrons. The van der Waals surface area contributed by atoms with Gasteiger partial charge in [0.15, 0.2) is 0 Å². The van der Waals surface area contributed by atoms with Crippen LogP contribution in [0, 0.1) is 0 Å². The minimum absolute atomic E-state index is 1.29. The summed E-state index contributed by atoms with van der Waals surface area (Å²) >= 11 is 0. The lowest BCUT2D eigenvalue weighted by molar-refractivity contribution is 0.128. The highest BCUT2D eigenvalue weighted by atomic mass is 15.3. The van der Waals surface area contributed by atoms with E-state index in [-0.39, 0.29) is 0 Å². The molecule has 0 spiro atoms. The summed E-state index contributed by atoms with van der Waals surface area (Å²) in [6, 6.07) is 0. The SMILES string of the molecule is CCCN1CCN(CCCN2CCCC2)CC1. The van der Waals surface area contributed by atoms with Gasteiger partial charge in [-0.15, -0.1) is 0 Å². The fourth-order valence-corrected chi connectivity index (χ4v) is 3.08. The van der Waals surface area contributed by atoms with E-state index >= 15 is 0 Å². The number of rotatable bonds is 6. The Morgan fingerprint density at radius 3 is 1.65 bits per heavy atom. The van der Waals surface area contributed by atoms with E-state index in [9.17, 15) is 0 Å². The maximum atomic E-state index is 2.65. The summed E-state index contributed by atoms with van der Waals surface area (Å²) in [5.41, 5.74) is 0. The highest BCUT2D eigenvalue weighted by Crippen LogP contribution is 2.08. The van der Waals surface area contributed by atoms with Crippen LogP contribution in [0.25, 0.3) is 0 Å². The summed E-state index contributed by atoms with van der Waals surface area (Å²) in [5, 5.41) is 0. The van der Waals surface area contributed by atoms with E-state index in [1.54, 1.807) is 0 Å². The smallest absolute Gasteiger partial charge is 0.0110 e. The Morgan fingerprint density at radius 2 is 1.12 bits per heavy atom. The molecule has 0 aromatic heterocycles. The Balaban J connectivity index is 1.52. The molecule has 0 saturated carbocycles. The first-order valence-electron chi connectivity index (χ1n) is 7.55. The number of piperazine rings is 1. The zero-order chi connectivity index (χ0) is 11.9. The van der Waals surface area contributed by atoms with Gasteiger partial charge in [0.25, 0.3) is 0 Å². The van der Waals surface area contributed by atoms with E-state index in [4.69, 9.17) is 0 Å². The van der Waals surface area contributed by atoms with Gasteiger partial charge in [-0.05, 0) is 58.4 Å². The fourth-order valence-electron chi connectivity index (χ4n) is 3.08. The van der Waals surface area contributed by atoms with Gasteiger partial charge in [-0.3, -0.25) is 0 Å². The normalized spacial score (nSPS) is 24.5. The zero-order valence-electron chi connectivity index (χ0n) is 11.5. The van der Waals surface area contributed by atoms with Crippen LogP contribution in [0.5, 0.6) is 0 Å². The van der Waals surface area contributed by atoms with Gasteiger partial charge in [0.1, 0.15) is 0 Å². The molecular weight excluding hydrogens is 210 g/mol. The molecule has 2 saturated heterocycles. The predicted octanol–water partition coefficient (Wildman–Crippen LogP) is 1.50. The average Bonchev–Trinajstić information content (AvgIpc) is 2.85. The van der Waals surface area contributed by atoms with Gasteiger partial charge in [-0.1, -0.05) is 6.92 Å². The van der Waals surface area contributed by atoms with Crippen molar-refractivity contribution in [2.24, 2.45) is 0 Å². The molecule has 0 unspecified atom stereocenters. The topological polar surface area (TPSA) is 9.72 Å². The third-order valence-corrected chi connectivity index (χ3v) is 4.15. The summed E-state index contributed by atoms with van der Waals surface area (Å²) in [6.45, 7) is 14.1. The quantitative estimate of drug-likeness (QED) is 0.695. The van der Waals surface area contributed by atoms with Crippen molar-refractivity contribution in [2.45, 2.75) is 32.6 Å². The lowest BCUT2D eigenvalue weighted by Crippen LogP contribution is -2.47. The van der Waals surface area contributed by atoms with Crippen LogP contribution in [0.2, 0.25) is 0 Å². The molecule has 2 aliphatic rings. The Labute approximate surface area is 107 Å². The van der Waals surface area contributed by atoms with Crippen LogP contribution < -0.4 is 0 Å². The lowest BCUT2D eigenvalue weighted by atomic mass is 10.2. The van der Waals surface area contributed by atoms with Crippen LogP contribution in [0.15, 0.2) is 0 Å². The van der Waals surface area contributed by atoms with E-state index in [0.29, 0.717) is 0 Å². The van der Waals surface area contributed by atoms with Gasteiger partial charge < -0.3 is 14.7 Å². The van der Waals surface area contributed by atoms with E-state index in [1.165, 1.54) is 84.6 Å². The van der Waals surface area contributed by atoms with Crippen molar-refractivity contribution < 1.29 is 0 Å². The fraction of sp³-hybridized carbons (Fsp3) is 1.00. The average molecular weight is 239 g/mol. The van der Waals surface area contributed by atoms with Crippen LogP contribution >= 0.6 is 0 Å². The molecule has 0 aliphatic carbocycles. The van der Waals surface area contributed by atoms with E-state index in [0.717, 1.165) is 0 Å². The van der Waals surface area contributed by atoms with Crippen LogP contribution in [-0.2, 0) is 0 Å². The zero-order valence-corrected chi connectivity index (χ0v) is 11.5. The van der Waals surface area contributed by atoms with Gasteiger partial charge in [0, 0.05) is 26.2 Å². The van der Waals surface area contributed by atoms with E-state index < -0.39 is 0 Å². The highest BCUT2D eigenvalue weighted by Gasteiger charge is 2.16. The highest BCUT2D eigenvalue weighted by molar-refractivity contribution is 4.72. The van der Waals surface area contributed by atoms with Gasteiger partial charge in [0.05, 0.1) is 0 Å². The van der Waals surface area contributed by atoms with Crippen molar-refractivity contribution in [1.29, 1.82) is 0 Å². The third-order valence-electron chi connectivity index (χ3n) is 4.15. The largest absolute Gasteiger partial charge is 0.303 e. The summed E-state index contributed by atoms with van der Waals surface area (Å²) in [6.07, 6.45) is 5.52. The Kier molecular flexibility index (Phi) is 5.75. The molecule has 0 N–H and O–H groups in total. The maximum Gasteiger partial charge on any atom is 0.0110 e. The van der Waals surface area contributed by atoms with Gasteiger partial charge in [0.2, 0.25) is 0 Å². The summed E-state index contributed by atoms with van der Waals surface area (Å²) < 4.78 is 0. The monoisotopic (exact) mass is 239 g/mol. The second-order valence-electron chi connectivity index (χ2n) is 5.59. The molecule has 2 heterocycles. The second kappa shape index (κ2) is 7.34. The number of likely N-dealkylation sites (tertiary alicyclic amines) is 1.